The van der Waals surface area contributed by atoms with Crippen LogP contribution >= 0.6 is 0 Å². The van der Waals surface area contributed by atoms with Gasteiger partial charge in [0, 0.05) is 5.56 Å². The number of aliphatic hydroxyl groups is 1. The summed E-state index contributed by atoms with van der Waals surface area (Å²) in [6.45, 7) is 1.01. The Morgan fingerprint density at radius 1 is 1.11 bits per heavy atom. The summed E-state index contributed by atoms with van der Waals surface area (Å²) < 4.78 is 10.4. The molecule has 5 N–H and O–H groups in total. The van der Waals surface area contributed by atoms with Crippen LogP contribution in [0.4, 0.5) is 0 Å². The molecule has 4 atom stereocenters. The van der Waals surface area contributed by atoms with Crippen molar-refractivity contribution in [3.05, 3.63) is 59.7 Å². The number of aromatic hydroxyl groups is 1. The van der Waals surface area contributed by atoms with Crippen molar-refractivity contribution in [3.63, 3.8) is 0 Å². The van der Waals surface area contributed by atoms with Crippen molar-refractivity contribution in [3.8, 4) is 11.5 Å². The molecule has 0 aliphatic carbocycles. The van der Waals surface area contributed by atoms with Gasteiger partial charge in [0.15, 0.2) is 0 Å². The molecule has 1 heterocycles. The number of amides is 3. The monoisotopic (exact) mass is 499 g/mol. The number of benzene rings is 2. The molecule has 3 amide bonds. The second-order valence-corrected chi connectivity index (χ2v) is 8.41. The Labute approximate surface area is 207 Å². The highest BCUT2D eigenvalue weighted by molar-refractivity contribution is 5.98. The van der Waals surface area contributed by atoms with E-state index in [0.717, 1.165) is 0 Å². The molecule has 11 heteroatoms. The maximum absolute atomic E-state index is 12.8. The van der Waals surface area contributed by atoms with Crippen LogP contribution < -0.4 is 20.7 Å². The topological polar surface area (TPSA) is 163 Å². The molecule has 0 saturated carbocycles. The lowest BCUT2D eigenvalue weighted by Gasteiger charge is -2.28. The van der Waals surface area contributed by atoms with E-state index in [1.807, 2.05) is 0 Å². The molecule has 1 aliphatic rings. The molecule has 0 radical (unpaired) electrons. The zero-order chi connectivity index (χ0) is 26.2. The summed E-state index contributed by atoms with van der Waals surface area (Å²) in [4.78, 5) is 50.6. The van der Waals surface area contributed by atoms with Gasteiger partial charge < -0.3 is 35.6 Å². The van der Waals surface area contributed by atoms with Gasteiger partial charge in [-0.25, -0.2) is 0 Å². The fourth-order valence-electron chi connectivity index (χ4n) is 3.70. The fraction of sp³-hybridized carbons (Fsp3) is 0.360. The van der Waals surface area contributed by atoms with E-state index >= 15 is 0 Å². The number of carbonyl (C=O) groups is 4. The highest BCUT2D eigenvalue weighted by Crippen LogP contribution is 2.16. The summed E-state index contributed by atoms with van der Waals surface area (Å²) in [6.07, 6.45) is -2.66. The molecule has 0 spiro atoms. The molecule has 1 saturated heterocycles. The first-order valence-corrected chi connectivity index (χ1v) is 11.3. The van der Waals surface area contributed by atoms with Crippen LogP contribution in [0.25, 0.3) is 0 Å². The van der Waals surface area contributed by atoms with Crippen LogP contribution in [0.1, 0.15) is 29.3 Å². The molecular weight excluding hydrogens is 470 g/mol. The number of ether oxygens (including phenoxy) is 2. The van der Waals surface area contributed by atoms with Gasteiger partial charge in [0.2, 0.25) is 11.8 Å². The molecule has 11 nitrogen and oxygen atoms in total. The number of rotatable bonds is 5. The maximum atomic E-state index is 12.8. The minimum Gasteiger partial charge on any atom is -0.508 e. The van der Waals surface area contributed by atoms with Crippen LogP contribution in [-0.2, 0) is 25.5 Å². The Balaban J connectivity index is 1.73. The zero-order valence-electron chi connectivity index (χ0n) is 19.9. The summed E-state index contributed by atoms with van der Waals surface area (Å²) in [5, 5.41) is 27.7. The molecule has 0 unspecified atom stereocenters. The molecule has 1 aliphatic heterocycles. The summed E-state index contributed by atoms with van der Waals surface area (Å²) in [5.41, 5.74) is 0.954. The number of methoxy groups -OCH3 is 1. The van der Waals surface area contributed by atoms with Gasteiger partial charge in [-0.2, -0.15) is 0 Å². The minimum atomic E-state index is -1.29. The van der Waals surface area contributed by atoms with Crippen LogP contribution in [0.2, 0.25) is 0 Å². The normalized spacial score (nSPS) is 23.2. The van der Waals surface area contributed by atoms with E-state index in [2.05, 4.69) is 16.0 Å². The van der Waals surface area contributed by atoms with Crippen molar-refractivity contribution in [2.45, 2.75) is 44.1 Å². The van der Waals surface area contributed by atoms with E-state index in [4.69, 9.17) is 9.47 Å². The van der Waals surface area contributed by atoms with Crippen molar-refractivity contribution in [1.82, 2.24) is 16.0 Å². The summed E-state index contributed by atoms with van der Waals surface area (Å²) in [7, 11) is 1.49. The number of phenolic OH excluding ortho intramolecular Hbond substituents is 1. The molecule has 0 bridgehead atoms. The number of phenols is 1. The van der Waals surface area contributed by atoms with Crippen molar-refractivity contribution in [2.24, 2.45) is 0 Å². The van der Waals surface area contributed by atoms with Crippen LogP contribution in [0, 0.1) is 0 Å². The van der Waals surface area contributed by atoms with Crippen molar-refractivity contribution in [1.29, 1.82) is 0 Å². The standard InChI is InChI=1S/C25H29N3O8/c1-14-23(28-24(33)16-5-9-18(35-2)10-6-16)25(34)26-13-21(31)27-19(20(30)12-22(32)36-14)11-15-3-7-17(29)8-4-15/h3-10,14,19-20,23,29-30H,11-13H2,1-2H3,(H,26,34)(H,27,31)(H,28,33)/t14-,19+,20+,23+/m1/s1. The number of cyclic esters (lactones) is 1. The predicted octanol–water partition coefficient (Wildman–Crippen LogP) is 0.0392. The average Bonchev–Trinajstić information content (AvgIpc) is 2.85. The number of nitrogens with one attached hydrogen (secondary N) is 3. The third-order valence-corrected chi connectivity index (χ3v) is 5.71. The maximum Gasteiger partial charge on any atom is 0.308 e. The van der Waals surface area contributed by atoms with Crippen LogP contribution in [-0.4, -0.2) is 71.9 Å². The third kappa shape index (κ3) is 7.19. The summed E-state index contributed by atoms with van der Waals surface area (Å²) >= 11 is 0. The smallest absolute Gasteiger partial charge is 0.308 e. The third-order valence-electron chi connectivity index (χ3n) is 5.71. The molecule has 36 heavy (non-hydrogen) atoms. The zero-order valence-corrected chi connectivity index (χ0v) is 19.9. The Hall–Kier alpha value is -4.12. The van der Waals surface area contributed by atoms with Gasteiger partial charge in [-0.05, 0) is 55.3 Å². The Morgan fingerprint density at radius 2 is 1.78 bits per heavy atom. The molecular formula is C25H29N3O8. The Bertz CT molecular complexity index is 1090. The summed E-state index contributed by atoms with van der Waals surface area (Å²) in [6, 6.07) is 10.2. The van der Waals surface area contributed by atoms with E-state index in [1.54, 1.807) is 24.3 Å². The number of aliphatic hydroxyl groups excluding tert-OH is 1. The Kier molecular flexibility index (Phi) is 8.85. The Morgan fingerprint density at radius 3 is 2.42 bits per heavy atom. The van der Waals surface area contributed by atoms with Gasteiger partial charge in [-0.3, -0.25) is 19.2 Å². The van der Waals surface area contributed by atoms with E-state index in [-0.39, 0.29) is 17.7 Å². The summed E-state index contributed by atoms with van der Waals surface area (Å²) in [5.74, 6) is -2.10. The lowest BCUT2D eigenvalue weighted by molar-refractivity contribution is -0.154. The first-order chi connectivity index (χ1) is 17.2. The van der Waals surface area contributed by atoms with Crippen LogP contribution in [0.15, 0.2) is 48.5 Å². The quantitative estimate of drug-likeness (QED) is 0.360. The van der Waals surface area contributed by atoms with Gasteiger partial charge in [-0.1, -0.05) is 12.1 Å². The van der Waals surface area contributed by atoms with Crippen molar-refractivity contribution < 1.29 is 38.9 Å². The van der Waals surface area contributed by atoms with Crippen molar-refractivity contribution >= 4 is 23.7 Å². The second-order valence-electron chi connectivity index (χ2n) is 8.41. The highest BCUT2D eigenvalue weighted by Gasteiger charge is 2.33. The van der Waals surface area contributed by atoms with E-state index in [0.29, 0.717) is 11.3 Å². The van der Waals surface area contributed by atoms with Crippen LogP contribution in [0.3, 0.4) is 0 Å². The van der Waals surface area contributed by atoms with Crippen molar-refractivity contribution in [2.75, 3.05) is 13.7 Å². The first-order valence-electron chi connectivity index (χ1n) is 11.3. The minimum absolute atomic E-state index is 0.0657. The van der Waals surface area contributed by atoms with E-state index < -0.39 is 60.9 Å². The SMILES string of the molecule is COc1ccc(C(=O)N[C@@H]2C(=O)NCC(=O)N[C@@H](Cc3ccc(O)cc3)[C@@H](O)CC(=O)O[C@@H]2C)cc1. The van der Waals surface area contributed by atoms with Gasteiger partial charge >= 0.3 is 5.97 Å². The van der Waals surface area contributed by atoms with Gasteiger partial charge in [0.25, 0.3) is 5.91 Å². The lowest BCUT2D eigenvalue weighted by Crippen LogP contribution is -2.56. The molecule has 2 aromatic carbocycles. The van der Waals surface area contributed by atoms with Gasteiger partial charge in [0.05, 0.1) is 32.2 Å². The predicted molar refractivity (Wildman–Crippen MR) is 127 cm³/mol. The largest absolute Gasteiger partial charge is 0.508 e. The van der Waals surface area contributed by atoms with Gasteiger partial charge in [0.1, 0.15) is 23.6 Å². The molecule has 0 aromatic heterocycles. The van der Waals surface area contributed by atoms with Gasteiger partial charge in [-0.15, -0.1) is 0 Å². The average molecular weight is 500 g/mol. The van der Waals surface area contributed by atoms with E-state index in [1.165, 1.54) is 38.3 Å². The first kappa shape index (κ1) is 26.5. The van der Waals surface area contributed by atoms with E-state index in [9.17, 15) is 29.4 Å². The fourth-order valence-corrected chi connectivity index (χ4v) is 3.70. The number of hydrogen-bond acceptors (Lipinski definition) is 8. The van der Waals surface area contributed by atoms with Crippen LogP contribution in [0.5, 0.6) is 11.5 Å². The molecule has 1 fully saturated rings. The highest BCUT2D eigenvalue weighted by atomic mass is 16.5. The lowest BCUT2D eigenvalue weighted by atomic mass is 9.98. The second kappa shape index (κ2) is 12.0. The molecule has 192 valence electrons. The number of hydrogen-bond donors (Lipinski definition) is 5. The number of esters is 1. The number of carbonyl (C=O) groups excluding carboxylic acids is 4. The molecule has 2 aromatic rings. The molecule has 3 rings (SSSR count).